The van der Waals surface area contributed by atoms with Crippen LogP contribution in [0.5, 0.6) is 0 Å². The second-order valence-electron chi connectivity index (χ2n) is 6.16. The molecule has 1 aromatic heterocycles. The van der Waals surface area contributed by atoms with Gasteiger partial charge in [0.1, 0.15) is 5.69 Å². The van der Waals surface area contributed by atoms with Gasteiger partial charge in [-0.15, -0.1) is 0 Å². The van der Waals surface area contributed by atoms with Gasteiger partial charge in [-0.3, -0.25) is 4.79 Å². The number of piperazine rings is 1. The molecular weight excluding hydrogens is 359 g/mol. The van der Waals surface area contributed by atoms with Gasteiger partial charge in [-0.1, -0.05) is 19.1 Å². The quantitative estimate of drug-likeness (QED) is 0.885. The number of para-hydroxylation sites is 1. The molecule has 1 saturated heterocycles. The Balaban J connectivity index is 1.75. The van der Waals surface area contributed by atoms with Crippen molar-refractivity contribution in [2.75, 3.05) is 42.9 Å². The van der Waals surface area contributed by atoms with Crippen LogP contribution in [0.25, 0.3) is 0 Å². The predicted octanol–water partition coefficient (Wildman–Crippen LogP) is 2.89. The molecule has 0 aliphatic carbocycles. The SMILES string of the molecule is CCN1CCN(c2nccc(C(=O)Nc3ccccc3C(F)(F)F)n2)CC1. The third-order valence-electron chi connectivity index (χ3n) is 4.46. The van der Waals surface area contributed by atoms with E-state index in [9.17, 15) is 18.0 Å². The Morgan fingerprint density at radius 1 is 1.15 bits per heavy atom. The first-order chi connectivity index (χ1) is 12.9. The van der Waals surface area contributed by atoms with E-state index in [1.54, 1.807) is 0 Å². The number of carbonyl (C=O) groups is 1. The first-order valence-corrected chi connectivity index (χ1v) is 8.66. The van der Waals surface area contributed by atoms with E-state index in [2.05, 4.69) is 27.1 Å². The number of hydrogen-bond acceptors (Lipinski definition) is 5. The zero-order valence-corrected chi connectivity index (χ0v) is 14.8. The monoisotopic (exact) mass is 379 g/mol. The topological polar surface area (TPSA) is 61.4 Å². The highest BCUT2D eigenvalue weighted by Crippen LogP contribution is 2.34. The molecule has 0 saturated carbocycles. The lowest BCUT2D eigenvalue weighted by molar-refractivity contribution is -0.136. The molecule has 2 aromatic rings. The van der Waals surface area contributed by atoms with Crippen LogP contribution in [0.2, 0.25) is 0 Å². The first-order valence-electron chi connectivity index (χ1n) is 8.66. The Hall–Kier alpha value is -2.68. The minimum atomic E-state index is -4.56. The van der Waals surface area contributed by atoms with E-state index in [-0.39, 0.29) is 11.4 Å². The molecule has 1 fully saturated rings. The molecule has 0 radical (unpaired) electrons. The van der Waals surface area contributed by atoms with E-state index in [0.29, 0.717) is 5.95 Å². The van der Waals surface area contributed by atoms with E-state index in [1.807, 2.05) is 4.90 Å². The molecule has 3 rings (SSSR count). The van der Waals surface area contributed by atoms with Crippen LogP contribution in [-0.4, -0.2) is 53.5 Å². The number of anilines is 2. The Kier molecular flexibility index (Phi) is 5.59. The van der Waals surface area contributed by atoms with Crippen molar-refractivity contribution in [3.8, 4) is 0 Å². The molecule has 9 heteroatoms. The van der Waals surface area contributed by atoms with Crippen LogP contribution in [0.4, 0.5) is 24.8 Å². The first kappa shape index (κ1) is 19.1. The van der Waals surface area contributed by atoms with Crippen molar-refractivity contribution in [2.45, 2.75) is 13.1 Å². The van der Waals surface area contributed by atoms with Gasteiger partial charge in [0.25, 0.3) is 5.91 Å². The maximum absolute atomic E-state index is 13.1. The summed E-state index contributed by atoms with van der Waals surface area (Å²) < 4.78 is 39.2. The van der Waals surface area contributed by atoms with Gasteiger partial charge < -0.3 is 15.1 Å². The van der Waals surface area contributed by atoms with Crippen LogP contribution in [-0.2, 0) is 6.18 Å². The maximum Gasteiger partial charge on any atom is 0.418 e. The molecule has 0 spiro atoms. The van der Waals surface area contributed by atoms with Crippen molar-refractivity contribution in [1.82, 2.24) is 14.9 Å². The van der Waals surface area contributed by atoms with Crippen molar-refractivity contribution in [1.29, 1.82) is 0 Å². The van der Waals surface area contributed by atoms with Crippen LogP contribution in [0.3, 0.4) is 0 Å². The second kappa shape index (κ2) is 7.91. The average Bonchev–Trinajstić information content (AvgIpc) is 2.68. The summed E-state index contributed by atoms with van der Waals surface area (Å²) in [6.45, 7) is 6.27. The van der Waals surface area contributed by atoms with E-state index in [4.69, 9.17) is 0 Å². The highest BCUT2D eigenvalue weighted by atomic mass is 19.4. The fourth-order valence-corrected chi connectivity index (χ4v) is 2.92. The molecule has 0 bridgehead atoms. The summed E-state index contributed by atoms with van der Waals surface area (Å²) in [6, 6.07) is 6.24. The molecule has 6 nitrogen and oxygen atoms in total. The molecule has 1 aliphatic heterocycles. The smallest absolute Gasteiger partial charge is 0.338 e. The van der Waals surface area contributed by atoms with Crippen molar-refractivity contribution in [3.63, 3.8) is 0 Å². The molecule has 2 heterocycles. The minimum Gasteiger partial charge on any atom is -0.338 e. The number of carbonyl (C=O) groups excluding carboxylic acids is 1. The van der Waals surface area contributed by atoms with Gasteiger partial charge in [-0.2, -0.15) is 13.2 Å². The molecule has 1 aliphatic rings. The second-order valence-corrected chi connectivity index (χ2v) is 6.16. The van der Waals surface area contributed by atoms with Crippen LogP contribution < -0.4 is 10.2 Å². The zero-order chi connectivity index (χ0) is 19.4. The number of halogens is 3. The van der Waals surface area contributed by atoms with Crippen LogP contribution in [0.1, 0.15) is 23.0 Å². The highest BCUT2D eigenvalue weighted by Gasteiger charge is 2.33. The number of alkyl halides is 3. The van der Waals surface area contributed by atoms with Crippen molar-refractivity contribution in [3.05, 3.63) is 47.8 Å². The Labute approximate surface area is 155 Å². The van der Waals surface area contributed by atoms with E-state index in [1.165, 1.54) is 30.5 Å². The van der Waals surface area contributed by atoms with Gasteiger partial charge in [0.15, 0.2) is 0 Å². The molecule has 0 atom stereocenters. The number of amides is 1. The summed E-state index contributed by atoms with van der Waals surface area (Å²) in [5, 5.41) is 2.30. The van der Waals surface area contributed by atoms with Gasteiger partial charge >= 0.3 is 6.18 Å². The number of likely N-dealkylation sites (N-methyl/N-ethyl adjacent to an activating group) is 1. The minimum absolute atomic E-state index is 0.0231. The number of hydrogen-bond donors (Lipinski definition) is 1. The molecule has 0 unspecified atom stereocenters. The lowest BCUT2D eigenvalue weighted by Crippen LogP contribution is -2.46. The van der Waals surface area contributed by atoms with Gasteiger partial charge in [-0.05, 0) is 24.7 Å². The summed E-state index contributed by atoms with van der Waals surface area (Å²) >= 11 is 0. The number of benzene rings is 1. The average molecular weight is 379 g/mol. The van der Waals surface area contributed by atoms with Crippen LogP contribution in [0.15, 0.2) is 36.5 Å². The molecule has 27 heavy (non-hydrogen) atoms. The third-order valence-corrected chi connectivity index (χ3v) is 4.46. The van der Waals surface area contributed by atoms with Crippen molar-refractivity contribution >= 4 is 17.5 Å². The summed E-state index contributed by atoms with van der Waals surface area (Å²) in [5.74, 6) is -0.301. The van der Waals surface area contributed by atoms with E-state index in [0.717, 1.165) is 38.8 Å². The molecular formula is C18H20F3N5O. The molecule has 144 valence electrons. The number of rotatable bonds is 4. The summed E-state index contributed by atoms with van der Waals surface area (Å²) in [7, 11) is 0. The number of nitrogens with one attached hydrogen (secondary N) is 1. The van der Waals surface area contributed by atoms with Crippen molar-refractivity contribution in [2.24, 2.45) is 0 Å². The standard InChI is InChI=1S/C18H20F3N5O/c1-2-25-9-11-26(12-10-25)17-22-8-7-15(24-17)16(27)23-14-6-4-3-5-13(14)18(19,20)21/h3-8H,2,9-12H2,1H3,(H,23,27). The number of aromatic nitrogens is 2. The fraction of sp³-hybridized carbons (Fsp3) is 0.389. The van der Waals surface area contributed by atoms with Crippen LogP contribution in [0, 0.1) is 0 Å². The Morgan fingerprint density at radius 3 is 2.52 bits per heavy atom. The van der Waals surface area contributed by atoms with Gasteiger partial charge in [0, 0.05) is 32.4 Å². The Morgan fingerprint density at radius 2 is 1.85 bits per heavy atom. The third kappa shape index (κ3) is 4.54. The van der Waals surface area contributed by atoms with E-state index < -0.39 is 17.6 Å². The van der Waals surface area contributed by atoms with Crippen molar-refractivity contribution < 1.29 is 18.0 Å². The van der Waals surface area contributed by atoms with Gasteiger partial charge in [-0.25, -0.2) is 9.97 Å². The zero-order valence-electron chi connectivity index (χ0n) is 14.8. The lowest BCUT2D eigenvalue weighted by Gasteiger charge is -2.34. The summed E-state index contributed by atoms with van der Waals surface area (Å²) in [4.78, 5) is 25.1. The summed E-state index contributed by atoms with van der Waals surface area (Å²) in [5.41, 5.74) is -1.18. The predicted molar refractivity (Wildman–Crippen MR) is 95.8 cm³/mol. The summed E-state index contributed by atoms with van der Waals surface area (Å²) in [6.07, 6.45) is -3.11. The van der Waals surface area contributed by atoms with Gasteiger partial charge in [0.05, 0.1) is 11.3 Å². The largest absolute Gasteiger partial charge is 0.418 e. The molecule has 1 amide bonds. The highest BCUT2D eigenvalue weighted by molar-refractivity contribution is 6.03. The molecule has 1 N–H and O–H groups in total. The lowest BCUT2D eigenvalue weighted by atomic mass is 10.1. The van der Waals surface area contributed by atoms with Crippen LogP contribution >= 0.6 is 0 Å². The normalized spacial score (nSPS) is 15.6. The Bertz CT molecular complexity index is 804. The van der Waals surface area contributed by atoms with E-state index >= 15 is 0 Å². The maximum atomic E-state index is 13.1. The molecule has 1 aromatic carbocycles. The number of nitrogens with zero attached hydrogens (tertiary/aromatic N) is 4. The van der Waals surface area contributed by atoms with Gasteiger partial charge in [0.2, 0.25) is 5.95 Å². The fourth-order valence-electron chi connectivity index (χ4n) is 2.92.